The zero-order valence-corrected chi connectivity index (χ0v) is 8.63. The van der Waals surface area contributed by atoms with E-state index in [0.717, 1.165) is 19.5 Å². The summed E-state index contributed by atoms with van der Waals surface area (Å²) in [6.45, 7) is 7.45. The fourth-order valence-electron chi connectivity index (χ4n) is 1.55. The fourth-order valence-corrected chi connectivity index (χ4v) is 1.55. The van der Waals surface area contributed by atoms with Crippen LogP contribution in [0, 0.1) is 0 Å². The Balaban J connectivity index is 2.75. The van der Waals surface area contributed by atoms with E-state index >= 15 is 0 Å². The highest BCUT2D eigenvalue weighted by Gasteiger charge is 2.16. The first-order valence-electron chi connectivity index (χ1n) is 4.72. The quantitative estimate of drug-likeness (QED) is 0.604. The molecule has 0 fully saturated rings. The van der Waals surface area contributed by atoms with Gasteiger partial charge in [-0.25, -0.2) is 0 Å². The van der Waals surface area contributed by atoms with Crippen LogP contribution in [0.25, 0.3) is 0 Å². The number of carbonyl (C=O) groups is 1. The van der Waals surface area contributed by atoms with Gasteiger partial charge in [0.2, 0.25) is 5.91 Å². The molecule has 72 valence electrons. The summed E-state index contributed by atoms with van der Waals surface area (Å²) in [5.74, 6) is 0.175. The number of amides is 1. The zero-order valence-electron chi connectivity index (χ0n) is 8.63. The maximum atomic E-state index is 11.1. The topological polar surface area (TPSA) is 20.3 Å². The van der Waals surface area contributed by atoms with Crippen LogP contribution in [-0.2, 0) is 4.79 Å². The van der Waals surface area contributed by atoms with Crippen LogP contribution in [-0.4, -0.2) is 23.9 Å². The molecule has 1 rings (SSSR count). The summed E-state index contributed by atoms with van der Waals surface area (Å²) in [7, 11) is 0. The molecule has 0 saturated heterocycles. The largest absolute Gasteiger partial charge is 0.338 e. The fraction of sp³-hybridized carbons (Fsp3) is 0.545. The monoisotopic (exact) mass is 179 g/mol. The van der Waals surface area contributed by atoms with E-state index in [1.165, 1.54) is 11.1 Å². The normalized spacial score (nSPS) is 18.5. The van der Waals surface area contributed by atoms with Crippen LogP contribution in [0.1, 0.15) is 27.2 Å². The van der Waals surface area contributed by atoms with Crippen LogP contribution >= 0.6 is 0 Å². The molecule has 2 heteroatoms. The third kappa shape index (κ3) is 2.44. The highest BCUT2D eigenvalue weighted by molar-refractivity contribution is 5.74. The minimum Gasteiger partial charge on any atom is -0.338 e. The van der Waals surface area contributed by atoms with Gasteiger partial charge >= 0.3 is 0 Å². The van der Waals surface area contributed by atoms with Gasteiger partial charge in [0.05, 0.1) is 0 Å². The van der Waals surface area contributed by atoms with Crippen molar-refractivity contribution >= 4 is 5.91 Å². The van der Waals surface area contributed by atoms with Gasteiger partial charge in [0.1, 0.15) is 0 Å². The molecule has 1 heterocycles. The first-order chi connectivity index (χ1) is 6.15. The van der Waals surface area contributed by atoms with Crippen molar-refractivity contribution in [3.8, 4) is 0 Å². The van der Waals surface area contributed by atoms with E-state index in [1.54, 1.807) is 6.92 Å². The van der Waals surface area contributed by atoms with E-state index in [4.69, 9.17) is 0 Å². The molecule has 13 heavy (non-hydrogen) atoms. The van der Waals surface area contributed by atoms with Crippen molar-refractivity contribution in [2.24, 2.45) is 0 Å². The van der Waals surface area contributed by atoms with Crippen LogP contribution in [0.2, 0.25) is 0 Å². The summed E-state index contributed by atoms with van der Waals surface area (Å²) in [5, 5.41) is 0. The van der Waals surface area contributed by atoms with Gasteiger partial charge in [-0.1, -0.05) is 17.7 Å². The lowest BCUT2D eigenvalue weighted by atomic mass is 10.0. The summed E-state index contributed by atoms with van der Waals surface area (Å²) in [6, 6.07) is 0. The molecule has 1 aliphatic rings. The van der Waals surface area contributed by atoms with Gasteiger partial charge < -0.3 is 4.90 Å². The van der Waals surface area contributed by atoms with Crippen molar-refractivity contribution in [1.82, 2.24) is 4.90 Å². The second-order valence-electron chi connectivity index (χ2n) is 3.50. The van der Waals surface area contributed by atoms with Gasteiger partial charge in [-0.05, 0) is 25.8 Å². The van der Waals surface area contributed by atoms with Crippen molar-refractivity contribution in [1.29, 1.82) is 0 Å². The first-order valence-corrected chi connectivity index (χ1v) is 4.72. The van der Waals surface area contributed by atoms with Crippen LogP contribution in [0.3, 0.4) is 0 Å². The van der Waals surface area contributed by atoms with E-state index in [1.807, 2.05) is 17.9 Å². The molecular weight excluding hydrogens is 162 g/mol. The Kier molecular flexibility index (Phi) is 3.29. The molecule has 0 N–H and O–H groups in total. The van der Waals surface area contributed by atoms with Gasteiger partial charge in [-0.2, -0.15) is 0 Å². The highest BCUT2D eigenvalue weighted by atomic mass is 16.2. The first kappa shape index (κ1) is 10.0. The van der Waals surface area contributed by atoms with Gasteiger partial charge in [0.25, 0.3) is 0 Å². The number of carbonyl (C=O) groups excluding carboxylic acids is 1. The molecule has 0 atom stereocenters. The minimum absolute atomic E-state index is 0.175. The summed E-state index contributed by atoms with van der Waals surface area (Å²) in [5.41, 5.74) is 2.71. The molecular formula is C11H17NO. The van der Waals surface area contributed by atoms with E-state index in [0.29, 0.717) is 0 Å². The molecule has 0 aliphatic carbocycles. The van der Waals surface area contributed by atoms with Crippen molar-refractivity contribution < 1.29 is 4.79 Å². The molecule has 0 radical (unpaired) electrons. The average Bonchev–Trinajstić information content (AvgIpc) is 2.08. The second-order valence-corrected chi connectivity index (χ2v) is 3.50. The van der Waals surface area contributed by atoms with Gasteiger partial charge in [0.15, 0.2) is 0 Å². The Bertz CT molecular complexity index is 263. The van der Waals surface area contributed by atoms with Crippen LogP contribution in [0.4, 0.5) is 0 Å². The van der Waals surface area contributed by atoms with Crippen LogP contribution in [0.15, 0.2) is 23.3 Å². The van der Waals surface area contributed by atoms with E-state index in [2.05, 4.69) is 13.0 Å². The third-order valence-corrected chi connectivity index (χ3v) is 2.48. The summed E-state index contributed by atoms with van der Waals surface area (Å²) < 4.78 is 0. The Morgan fingerprint density at radius 3 is 2.77 bits per heavy atom. The lowest BCUT2D eigenvalue weighted by Crippen LogP contribution is -2.34. The summed E-state index contributed by atoms with van der Waals surface area (Å²) >= 11 is 0. The molecule has 1 aliphatic heterocycles. The van der Waals surface area contributed by atoms with Gasteiger partial charge in [-0.15, -0.1) is 0 Å². The Morgan fingerprint density at radius 1 is 1.54 bits per heavy atom. The van der Waals surface area contributed by atoms with Gasteiger partial charge in [0, 0.05) is 20.0 Å². The Labute approximate surface area is 79.9 Å². The Morgan fingerprint density at radius 2 is 2.23 bits per heavy atom. The van der Waals surface area contributed by atoms with Crippen LogP contribution < -0.4 is 0 Å². The lowest BCUT2D eigenvalue weighted by molar-refractivity contribution is -0.128. The molecule has 1 amide bonds. The molecule has 0 unspecified atom stereocenters. The number of hydrogen-bond acceptors (Lipinski definition) is 1. The molecule has 0 saturated carbocycles. The number of nitrogens with zero attached hydrogens (tertiary/aromatic N) is 1. The molecule has 0 aromatic rings. The summed E-state index contributed by atoms with van der Waals surface area (Å²) in [4.78, 5) is 13.0. The van der Waals surface area contributed by atoms with E-state index in [-0.39, 0.29) is 5.91 Å². The summed E-state index contributed by atoms with van der Waals surface area (Å²) in [6.07, 6.45) is 5.14. The number of rotatable bonds is 1. The van der Waals surface area contributed by atoms with E-state index < -0.39 is 0 Å². The number of hydrogen-bond donors (Lipinski definition) is 0. The average molecular weight is 179 g/mol. The SMILES string of the molecule is C/C=C\C1=C(C)CCN(C(C)=O)C1. The molecule has 0 bridgehead atoms. The molecule has 0 aromatic carbocycles. The van der Waals surface area contributed by atoms with Crippen LogP contribution in [0.5, 0.6) is 0 Å². The molecule has 0 spiro atoms. The maximum Gasteiger partial charge on any atom is 0.219 e. The Hall–Kier alpha value is -1.05. The number of allylic oxidation sites excluding steroid dienone is 1. The standard InChI is InChI=1S/C11H17NO/c1-4-5-11-8-12(10(3)13)7-6-9(11)2/h4-5H,6-8H2,1-3H3/b5-4-. The molecule has 0 aromatic heterocycles. The van der Waals surface area contributed by atoms with E-state index in [9.17, 15) is 4.79 Å². The smallest absolute Gasteiger partial charge is 0.219 e. The highest BCUT2D eigenvalue weighted by Crippen LogP contribution is 2.18. The zero-order chi connectivity index (χ0) is 9.84. The lowest BCUT2D eigenvalue weighted by Gasteiger charge is -2.27. The van der Waals surface area contributed by atoms with Crippen molar-refractivity contribution in [2.75, 3.05) is 13.1 Å². The van der Waals surface area contributed by atoms with Crippen molar-refractivity contribution in [3.05, 3.63) is 23.3 Å². The minimum atomic E-state index is 0.175. The third-order valence-electron chi connectivity index (χ3n) is 2.48. The predicted octanol–water partition coefficient (Wildman–Crippen LogP) is 2.13. The molecule has 2 nitrogen and oxygen atoms in total. The van der Waals surface area contributed by atoms with Crippen molar-refractivity contribution in [2.45, 2.75) is 27.2 Å². The van der Waals surface area contributed by atoms with Gasteiger partial charge in [-0.3, -0.25) is 4.79 Å². The van der Waals surface area contributed by atoms with Crippen molar-refractivity contribution in [3.63, 3.8) is 0 Å². The second kappa shape index (κ2) is 4.26. The predicted molar refractivity (Wildman–Crippen MR) is 54.4 cm³/mol. The maximum absolute atomic E-state index is 11.1.